The number of amides is 1. The third kappa shape index (κ3) is 5.27. The van der Waals surface area contributed by atoms with Crippen molar-refractivity contribution in [1.29, 1.82) is 0 Å². The van der Waals surface area contributed by atoms with Crippen molar-refractivity contribution >= 4 is 22.8 Å². The lowest BCUT2D eigenvalue weighted by Crippen LogP contribution is -2.52. The summed E-state index contributed by atoms with van der Waals surface area (Å²) in [6.07, 6.45) is 2.98. The Morgan fingerprint density at radius 3 is 2.53 bits per heavy atom. The van der Waals surface area contributed by atoms with Gasteiger partial charge in [-0.3, -0.25) is 4.79 Å². The number of nitrogens with one attached hydrogen (secondary N) is 2. The van der Waals surface area contributed by atoms with Crippen molar-refractivity contribution in [3.8, 4) is 0 Å². The van der Waals surface area contributed by atoms with E-state index in [-0.39, 0.29) is 18.4 Å². The molecule has 30 heavy (non-hydrogen) atoms. The van der Waals surface area contributed by atoms with E-state index in [0.29, 0.717) is 6.42 Å². The van der Waals surface area contributed by atoms with Gasteiger partial charge in [-0.15, -0.1) is 0 Å². The van der Waals surface area contributed by atoms with Crippen molar-refractivity contribution in [3.05, 3.63) is 71.9 Å². The summed E-state index contributed by atoms with van der Waals surface area (Å²) >= 11 is 0. The Balaban J connectivity index is 1.63. The molecule has 3 atom stereocenters. The molecule has 1 aromatic heterocycles. The summed E-state index contributed by atoms with van der Waals surface area (Å²) in [4.78, 5) is 28.6. The average molecular weight is 408 g/mol. The van der Waals surface area contributed by atoms with Crippen LogP contribution in [0.3, 0.4) is 0 Å². The maximum atomic E-state index is 12.8. The number of para-hydroxylation sites is 1. The van der Waals surface area contributed by atoms with Crippen molar-refractivity contribution in [2.45, 2.75) is 45.4 Å². The molecule has 0 aliphatic rings. The van der Waals surface area contributed by atoms with Crippen LogP contribution in [-0.4, -0.2) is 28.9 Å². The summed E-state index contributed by atoms with van der Waals surface area (Å²) in [5, 5.41) is 3.86. The number of hydrogen-bond donors (Lipinski definition) is 3. The van der Waals surface area contributed by atoms with Crippen LogP contribution in [0.1, 0.15) is 31.4 Å². The molecule has 6 heteroatoms. The second kappa shape index (κ2) is 10.1. The van der Waals surface area contributed by atoms with Gasteiger partial charge in [0.25, 0.3) is 0 Å². The Hall–Kier alpha value is -3.12. The maximum absolute atomic E-state index is 12.8. The molecule has 6 nitrogen and oxygen atoms in total. The Morgan fingerprint density at radius 2 is 1.80 bits per heavy atom. The van der Waals surface area contributed by atoms with E-state index in [9.17, 15) is 9.59 Å². The van der Waals surface area contributed by atoms with Gasteiger partial charge in [0.2, 0.25) is 5.91 Å². The smallest absolute Gasteiger partial charge is 0.329 e. The van der Waals surface area contributed by atoms with Gasteiger partial charge < -0.3 is 20.8 Å². The van der Waals surface area contributed by atoms with Gasteiger partial charge in [0, 0.05) is 17.1 Å². The van der Waals surface area contributed by atoms with Crippen LogP contribution in [0.5, 0.6) is 0 Å². The van der Waals surface area contributed by atoms with Crippen LogP contribution in [0, 0.1) is 5.92 Å². The highest BCUT2D eigenvalue weighted by molar-refractivity contribution is 5.89. The zero-order valence-electron chi connectivity index (χ0n) is 17.4. The number of esters is 1. The highest BCUT2D eigenvalue weighted by atomic mass is 16.5. The fourth-order valence-corrected chi connectivity index (χ4v) is 3.38. The van der Waals surface area contributed by atoms with Gasteiger partial charge in [-0.05, 0) is 29.5 Å². The minimum absolute atomic E-state index is 0.0717. The van der Waals surface area contributed by atoms with E-state index in [2.05, 4.69) is 10.3 Å². The fourth-order valence-electron chi connectivity index (χ4n) is 3.38. The molecule has 0 aliphatic heterocycles. The average Bonchev–Trinajstić information content (AvgIpc) is 3.18. The molecule has 0 bridgehead atoms. The molecular formula is C24H29N3O3. The van der Waals surface area contributed by atoms with Crippen molar-refractivity contribution in [3.63, 3.8) is 0 Å². The predicted octanol–water partition coefficient (Wildman–Crippen LogP) is 3.31. The van der Waals surface area contributed by atoms with Crippen molar-refractivity contribution in [2.75, 3.05) is 0 Å². The van der Waals surface area contributed by atoms with E-state index in [1.807, 2.05) is 74.6 Å². The molecule has 0 radical (unpaired) electrons. The molecule has 0 saturated carbocycles. The van der Waals surface area contributed by atoms with Gasteiger partial charge in [0.1, 0.15) is 12.6 Å². The summed E-state index contributed by atoms with van der Waals surface area (Å²) < 4.78 is 5.46. The van der Waals surface area contributed by atoms with Gasteiger partial charge in [0.15, 0.2) is 0 Å². The quantitative estimate of drug-likeness (QED) is 0.474. The second-order valence-corrected chi connectivity index (χ2v) is 7.64. The zero-order chi connectivity index (χ0) is 21.5. The van der Waals surface area contributed by atoms with E-state index in [1.165, 1.54) is 0 Å². The lowest BCUT2D eigenvalue weighted by Gasteiger charge is -2.24. The summed E-state index contributed by atoms with van der Waals surface area (Å²) in [5.41, 5.74) is 9.05. The van der Waals surface area contributed by atoms with E-state index >= 15 is 0 Å². The molecule has 3 rings (SSSR count). The number of aromatic amines is 1. The molecule has 1 heterocycles. The molecular weight excluding hydrogens is 378 g/mol. The molecule has 0 fully saturated rings. The first-order valence-electron chi connectivity index (χ1n) is 10.3. The highest BCUT2D eigenvalue weighted by Gasteiger charge is 2.29. The van der Waals surface area contributed by atoms with Crippen molar-refractivity contribution in [1.82, 2.24) is 10.3 Å². The topological polar surface area (TPSA) is 97.2 Å². The summed E-state index contributed by atoms with van der Waals surface area (Å²) in [5.74, 6) is -0.874. The molecule has 158 valence electrons. The third-order valence-electron chi connectivity index (χ3n) is 5.44. The number of carbonyl (C=O) groups excluding carboxylic acids is 2. The first kappa shape index (κ1) is 21.6. The monoisotopic (exact) mass is 407 g/mol. The summed E-state index contributed by atoms with van der Waals surface area (Å²) in [6, 6.07) is 15.8. The molecule has 4 N–H and O–H groups in total. The Morgan fingerprint density at radius 1 is 1.10 bits per heavy atom. The Bertz CT molecular complexity index is 984. The number of nitrogens with two attached hydrogens (primary N) is 1. The third-order valence-corrected chi connectivity index (χ3v) is 5.44. The first-order chi connectivity index (χ1) is 14.5. The van der Waals surface area contributed by atoms with Crippen LogP contribution in [0.25, 0.3) is 10.9 Å². The van der Waals surface area contributed by atoms with Crippen LogP contribution in [0.15, 0.2) is 60.8 Å². The number of H-pyrrole nitrogens is 1. The SMILES string of the molecule is CC[C@H](C)[C@H](NC(=O)[C@@H](N)Cc1c[nH]c2ccccc12)C(=O)OCc1ccccc1. The number of carbonyl (C=O) groups is 2. The number of benzene rings is 2. The maximum Gasteiger partial charge on any atom is 0.329 e. The van der Waals surface area contributed by atoms with E-state index in [0.717, 1.165) is 28.5 Å². The van der Waals surface area contributed by atoms with Gasteiger partial charge in [0.05, 0.1) is 6.04 Å². The molecule has 2 aromatic carbocycles. The van der Waals surface area contributed by atoms with Gasteiger partial charge >= 0.3 is 5.97 Å². The minimum Gasteiger partial charge on any atom is -0.459 e. The lowest BCUT2D eigenvalue weighted by molar-refractivity contribution is -0.150. The largest absolute Gasteiger partial charge is 0.459 e. The van der Waals surface area contributed by atoms with E-state index in [1.54, 1.807) is 0 Å². The summed E-state index contributed by atoms with van der Waals surface area (Å²) in [6.45, 7) is 4.06. The molecule has 0 saturated heterocycles. The second-order valence-electron chi connectivity index (χ2n) is 7.64. The number of aromatic nitrogens is 1. The molecule has 0 unspecified atom stereocenters. The van der Waals surface area contributed by atoms with Crippen molar-refractivity contribution < 1.29 is 14.3 Å². The summed E-state index contributed by atoms with van der Waals surface area (Å²) in [7, 11) is 0. The number of rotatable bonds is 9. The Kier molecular flexibility index (Phi) is 7.25. The number of ether oxygens (including phenoxy) is 1. The molecule has 1 amide bonds. The molecule has 0 spiro atoms. The van der Waals surface area contributed by atoms with E-state index in [4.69, 9.17) is 10.5 Å². The van der Waals surface area contributed by atoms with Crippen molar-refractivity contribution in [2.24, 2.45) is 11.7 Å². The standard InChI is InChI=1S/C24H29N3O3/c1-3-16(2)22(24(29)30-15-17-9-5-4-6-10-17)27-23(28)20(25)13-18-14-26-21-12-8-7-11-19(18)21/h4-12,14,16,20,22,26H,3,13,15,25H2,1-2H3,(H,27,28)/t16-,20-,22-/m0/s1. The van der Waals surface area contributed by atoms with Crippen LogP contribution >= 0.6 is 0 Å². The first-order valence-corrected chi connectivity index (χ1v) is 10.3. The van der Waals surface area contributed by atoms with Crippen LogP contribution < -0.4 is 11.1 Å². The van der Waals surface area contributed by atoms with Gasteiger partial charge in [-0.1, -0.05) is 68.8 Å². The lowest BCUT2D eigenvalue weighted by atomic mass is 9.98. The zero-order valence-corrected chi connectivity index (χ0v) is 17.4. The van der Waals surface area contributed by atoms with Crippen LogP contribution in [0.2, 0.25) is 0 Å². The molecule has 0 aliphatic carbocycles. The number of hydrogen-bond acceptors (Lipinski definition) is 4. The molecule has 3 aromatic rings. The van der Waals surface area contributed by atoms with E-state index < -0.39 is 18.1 Å². The van der Waals surface area contributed by atoms with Gasteiger partial charge in [-0.25, -0.2) is 4.79 Å². The number of fused-ring (bicyclic) bond motifs is 1. The fraction of sp³-hybridized carbons (Fsp3) is 0.333. The predicted molar refractivity (Wildman–Crippen MR) is 118 cm³/mol. The van der Waals surface area contributed by atoms with Crippen LogP contribution in [-0.2, 0) is 27.4 Å². The van der Waals surface area contributed by atoms with Gasteiger partial charge in [-0.2, -0.15) is 0 Å². The highest BCUT2D eigenvalue weighted by Crippen LogP contribution is 2.19. The normalized spacial score (nSPS) is 14.1. The van der Waals surface area contributed by atoms with Crippen LogP contribution in [0.4, 0.5) is 0 Å². The Labute approximate surface area is 176 Å². The minimum atomic E-state index is -0.766.